The van der Waals surface area contributed by atoms with Crippen molar-refractivity contribution in [3.63, 3.8) is 0 Å². The molecule has 1 aromatic carbocycles. The Kier molecular flexibility index (Phi) is 3.73. The number of aromatic nitrogens is 2. The molecule has 0 aliphatic rings. The van der Waals surface area contributed by atoms with E-state index < -0.39 is 0 Å². The Morgan fingerprint density at radius 1 is 1.33 bits per heavy atom. The number of aryl methyl sites for hydroxylation is 2. The van der Waals surface area contributed by atoms with Crippen molar-refractivity contribution in [2.45, 2.75) is 19.9 Å². The zero-order chi connectivity index (χ0) is 13.3. The maximum Gasteiger partial charge on any atom is 0.0608 e. The van der Waals surface area contributed by atoms with Crippen LogP contribution in [0.3, 0.4) is 0 Å². The van der Waals surface area contributed by atoms with E-state index in [9.17, 15) is 0 Å². The van der Waals surface area contributed by atoms with Gasteiger partial charge in [-0.2, -0.15) is 5.10 Å². The molecule has 0 aliphatic carbocycles. The average molecular weight is 264 g/mol. The van der Waals surface area contributed by atoms with Gasteiger partial charge in [0.05, 0.1) is 12.2 Å². The van der Waals surface area contributed by atoms with Crippen LogP contribution in [0.1, 0.15) is 28.4 Å². The summed E-state index contributed by atoms with van der Waals surface area (Å²) in [4.78, 5) is 0. The number of nitrogens with one attached hydrogen (secondary N) is 1. The highest BCUT2D eigenvalue weighted by molar-refractivity contribution is 6.31. The first-order chi connectivity index (χ1) is 8.54. The largest absolute Gasteiger partial charge is 0.309 e. The Bertz CT molecular complexity index is 560. The Morgan fingerprint density at radius 3 is 2.56 bits per heavy atom. The Hall–Kier alpha value is -1.32. The summed E-state index contributed by atoms with van der Waals surface area (Å²) in [5, 5.41) is 8.42. The van der Waals surface area contributed by atoms with E-state index in [1.54, 1.807) is 0 Å². The van der Waals surface area contributed by atoms with Crippen LogP contribution in [0.2, 0.25) is 5.02 Å². The average Bonchev–Trinajstić information content (AvgIpc) is 2.67. The fourth-order valence-corrected chi connectivity index (χ4v) is 2.28. The molecule has 1 aromatic heterocycles. The standard InChI is InChI=1S/C14H18ClN3/c1-9-5-6-11(7-13(9)15)14(16-3)12-8-17-18(4)10(12)2/h5-8,14,16H,1-4H3. The van der Waals surface area contributed by atoms with Crippen LogP contribution in [0.25, 0.3) is 0 Å². The highest BCUT2D eigenvalue weighted by Gasteiger charge is 2.17. The van der Waals surface area contributed by atoms with E-state index in [-0.39, 0.29) is 6.04 Å². The number of halogens is 1. The van der Waals surface area contributed by atoms with Crippen molar-refractivity contribution in [3.05, 3.63) is 51.8 Å². The summed E-state index contributed by atoms with van der Waals surface area (Å²) >= 11 is 6.20. The van der Waals surface area contributed by atoms with Crippen LogP contribution in [-0.2, 0) is 7.05 Å². The van der Waals surface area contributed by atoms with Gasteiger partial charge < -0.3 is 5.32 Å². The first-order valence-corrected chi connectivity index (χ1v) is 6.34. The molecule has 0 aliphatic heterocycles. The number of hydrogen-bond donors (Lipinski definition) is 1. The van der Waals surface area contributed by atoms with Crippen molar-refractivity contribution in [2.24, 2.45) is 7.05 Å². The predicted molar refractivity (Wildman–Crippen MR) is 75.0 cm³/mol. The second kappa shape index (κ2) is 5.12. The normalized spacial score (nSPS) is 12.7. The Balaban J connectivity index is 2.45. The van der Waals surface area contributed by atoms with Crippen molar-refractivity contribution in [3.8, 4) is 0 Å². The van der Waals surface area contributed by atoms with E-state index in [1.807, 2.05) is 44.0 Å². The molecule has 0 saturated carbocycles. The van der Waals surface area contributed by atoms with Gasteiger partial charge in [0.25, 0.3) is 0 Å². The lowest BCUT2D eigenvalue weighted by molar-refractivity contribution is 0.679. The van der Waals surface area contributed by atoms with E-state index in [0.717, 1.165) is 21.8 Å². The van der Waals surface area contributed by atoms with Gasteiger partial charge in [-0.15, -0.1) is 0 Å². The van der Waals surface area contributed by atoms with E-state index in [4.69, 9.17) is 11.6 Å². The summed E-state index contributed by atoms with van der Waals surface area (Å²) in [6.45, 7) is 4.08. The molecule has 1 heterocycles. The van der Waals surface area contributed by atoms with Crippen molar-refractivity contribution in [1.29, 1.82) is 0 Å². The molecule has 0 saturated heterocycles. The van der Waals surface area contributed by atoms with Crippen LogP contribution in [-0.4, -0.2) is 16.8 Å². The van der Waals surface area contributed by atoms with Crippen LogP contribution < -0.4 is 5.32 Å². The van der Waals surface area contributed by atoms with Gasteiger partial charge >= 0.3 is 0 Å². The van der Waals surface area contributed by atoms with Crippen molar-refractivity contribution >= 4 is 11.6 Å². The van der Waals surface area contributed by atoms with Crippen molar-refractivity contribution in [2.75, 3.05) is 7.05 Å². The lowest BCUT2D eigenvalue weighted by Crippen LogP contribution is -2.18. The molecule has 3 nitrogen and oxygen atoms in total. The van der Waals surface area contributed by atoms with Crippen LogP contribution in [0, 0.1) is 13.8 Å². The second-order valence-electron chi connectivity index (χ2n) is 4.54. The first kappa shape index (κ1) is 13.1. The summed E-state index contributed by atoms with van der Waals surface area (Å²) in [6, 6.07) is 6.30. The van der Waals surface area contributed by atoms with E-state index in [1.165, 1.54) is 5.56 Å². The third-order valence-corrected chi connectivity index (χ3v) is 3.81. The van der Waals surface area contributed by atoms with Gasteiger partial charge in [-0.3, -0.25) is 4.68 Å². The number of hydrogen-bond acceptors (Lipinski definition) is 2. The third-order valence-electron chi connectivity index (χ3n) is 3.40. The van der Waals surface area contributed by atoms with Gasteiger partial charge in [0.1, 0.15) is 0 Å². The summed E-state index contributed by atoms with van der Waals surface area (Å²) in [6.07, 6.45) is 1.91. The Morgan fingerprint density at radius 2 is 2.06 bits per heavy atom. The molecule has 0 fully saturated rings. The summed E-state index contributed by atoms with van der Waals surface area (Å²) in [7, 11) is 3.90. The molecule has 4 heteroatoms. The fraction of sp³-hybridized carbons (Fsp3) is 0.357. The molecule has 96 valence electrons. The quantitative estimate of drug-likeness (QED) is 0.923. The maximum atomic E-state index is 6.20. The minimum absolute atomic E-state index is 0.122. The second-order valence-corrected chi connectivity index (χ2v) is 4.95. The molecule has 0 amide bonds. The molecule has 1 unspecified atom stereocenters. The topological polar surface area (TPSA) is 29.9 Å². The zero-order valence-corrected chi connectivity index (χ0v) is 11.9. The van der Waals surface area contributed by atoms with Crippen molar-refractivity contribution < 1.29 is 0 Å². The molecule has 1 atom stereocenters. The Labute approximate surface area is 113 Å². The van der Waals surface area contributed by atoms with Gasteiger partial charge in [0.2, 0.25) is 0 Å². The van der Waals surface area contributed by atoms with Crippen LogP contribution >= 0.6 is 11.6 Å². The van der Waals surface area contributed by atoms with Crippen LogP contribution in [0.4, 0.5) is 0 Å². The molecule has 2 rings (SSSR count). The van der Waals surface area contributed by atoms with E-state index >= 15 is 0 Å². The molecule has 0 radical (unpaired) electrons. The number of nitrogens with zero attached hydrogens (tertiary/aromatic N) is 2. The predicted octanol–water partition coefficient (Wildman–Crippen LogP) is 3.00. The van der Waals surface area contributed by atoms with E-state index in [0.29, 0.717) is 0 Å². The SMILES string of the molecule is CNC(c1ccc(C)c(Cl)c1)c1cnn(C)c1C. The molecule has 0 bridgehead atoms. The minimum atomic E-state index is 0.122. The molecule has 2 aromatic rings. The summed E-state index contributed by atoms with van der Waals surface area (Å²) < 4.78 is 1.88. The summed E-state index contributed by atoms with van der Waals surface area (Å²) in [5.41, 5.74) is 4.59. The highest BCUT2D eigenvalue weighted by Crippen LogP contribution is 2.27. The van der Waals surface area contributed by atoms with Gasteiger partial charge in [-0.25, -0.2) is 0 Å². The van der Waals surface area contributed by atoms with Gasteiger partial charge in [0, 0.05) is 23.3 Å². The smallest absolute Gasteiger partial charge is 0.0608 e. The number of rotatable bonds is 3. The monoisotopic (exact) mass is 263 g/mol. The highest BCUT2D eigenvalue weighted by atomic mass is 35.5. The fourth-order valence-electron chi connectivity index (χ4n) is 2.09. The molecule has 18 heavy (non-hydrogen) atoms. The van der Waals surface area contributed by atoms with Crippen molar-refractivity contribution in [1.82, 2.24) is 15.1 Å². The summed E-state index contributed by atoms with van der Waals surface area (Å²) in [5.74, 6) is 0. The van der Waals surface area contributed by atoms with Crippen LogP contribution in [0.5, 0.6) is 0 Å². The molecule has 0 spiro atoms. The van der Waals surface area contributed by atoms with Gasteiger partial charge in [-0.1, -0.05) is 23.7 Å². The first-order valence-electron chi connectivity index (χ1n) is 5.96. The number of benzene rings is 1. The maximum absolute atomic E-state index is 6.20. The minimum Gasteiger partial charge on any atom is -0.309 e. The molecule has 1 N–H and O–H groups in total. The van der Waals surface area contributed by atoms with Crippen LogP contribution in [0.15, 0.2) is 24.4 Å². The zero-order valence-electron chi connectivity index (χ0n) is 11.2. The van der Waals surface area contributed by atoms with Gasteiger partial charge in [-0.05, 0) is 38.1 Å². The molecular weight excluding hydrogens is 246 g/mol. The third kappa shape index (κ3) is 2.28. The lowest BCUT2D eigenvalue weighted by atomic mass is 9.98. The van der Waals surface area contributed by atoms with Gasteiger partial charge in [0.15, 0.2) is 0 Å². The van der Waals surface area contributed by atoms with E-state index in [2.05, 4.69) is 23.4 Å². The molecular formula is C14H18ClN3. The lowest BCUT2D eigenvalue weighted by Gasteiger charge is -2.17.